The number of nitrogens with zero attached hydrogens (tertiary/aromatic N) is 2. The van der Waals surface area contributed by atoms with Crippen molar-refractivity contribution in [1.29, 1.82) is 0 Å². The first kappa shape index (κ1) is 13.8. The molecule has 2 aromatic heterocycles. The molecule has 2 heterocycles. The van der Waals surface area contributed by atoms with Crippen LogP contribution in [-0.4, -0.2) is 16.0 Å². The van der Waals surface area contributed by atoms with Gasteiger partial charge in [-0.2, -0.15) is 0 Å². The van der Waals surface area contributed by atoms with E-state index in [2.05, 4.69) is 15.3 Å². The molecule has 1 fully saturated rings. The van der Waals surface area contributed by atoms with Gasteiger partial charge in [-0.15, -0.1) is 0 Å². The average molecular weight is 312 g/mol. The lowest BCUT2D eigenvalue weighted by Gasteiger charge is -2.09. The van der Waals surface area contributed by atoms with Crippen molar-refractivity contribution in [1.82, 2.24) is 9.97 Å². The first-order valence-corrected chi connectivity index (χ1v) is 7.88. The molecule has 0 aliphatic heterocycles. The molecule has 3 nitrogen and oxygen atoms in total. The van der Waals surface area contributed by atoms with Crippen LogP contribution in [0.15, 0.2) is 12.3 Å². The Bertz CT molecular complexity index is 623. The first-order valence-electron chi connectivity index (χ1n) is 6.69. The average Bonchev–Trinajstić information content (AvgIpc) is 3.03. The number of nitrogens with one attached hydrogen (secondary N) is 1. The predicted octanol–water partition coefficient (Wildman–Crippen LogP) is 4.66. The molecule has 1 aliphatic rings. The van der Waals surface area contributed by atoms with Gasteiger partial charge >= 0.3 is 0 Å². The highest BCUT2D eigenvalue weighted by Crippen LogP contribution is 2.36. The van der Waals surface area contributed by atoms with E-state index in [4.69, 9.17) is 11.6 Å². The normalized spacial score (nSPS) is 15.8. The number of hydrogen-bond donors (Lipinski definition) is 1. The van der Waals surface area contributed by atoms with Gasteiger partial charge in [0.15, 0.2) is 5.13 Å². The van der Waals surface area contributed by atoms with Crippen molar-refractivity contribution in [3.63, 3.8) is 0 Å². The summed E-state index contributed by atoms with van der Waals surface area (Å²) in [7, 11) is 0. The van der Waals surface area contributed by atoms with Gasteiger partial charge in [-0.3, -0.25) is 0 Å². The third kappa shape index (κ3) is 2.79. The van der Waals surface area contributed by atoms with E-state index >= 15 is 0 Å². The van der Waals surface area contributed by atoms with Gasteiger partial charge in [0.2, 0.25) is 0 Å². The Kier molecular flexibility index (Phi) is 3.89. The van der Waals surface area contributed by atoms with Crippen LogP contribution in [-0.2, 0) is 0 Å². The molecule has 0 amide bonds. The standard InChI is InChI=1S/C14H15ClFN3S/c1-8-13(10-6-12(15)17-7-11(10)16)20-14(18-8)19-9-4-2-3-5-9/h6-7,9H,2-5H2,1H3,(H,18,19). The van der Waals surface area contributed by atoms with Crippen LogP contribution >= 0.6 is 22.9 Å². The van der Waals surface area contributed by atoms with Gasteiger partial charge in [0, 0.05) is 11.6 Å². The maximum absolute atomic E-state index is 13.9. The summed E-state index contributed by atoms with van der Waals surface area (Å²) in [6, 6.07) is 2.05. The summed E-state index contributed by atoms with van der Waals surface area (Å²) in [6.07, 6.45) is 6.06. The lowest BCUT2D eigenvalue weighted by Crippen LogP contribution is -2.13. The molecule has 106 valence electrons. The van der Waals surface area contributed by atoms with E-state index in [9.17, 15) is 4.39 Å². The number of aromatic nitrogens is 2. The molecule has 3 rings (SSSR count). The summed E-state index contributed by atoms with van der Waals surface area (Å²) in [5, 5.41) is 4.59. The van der Waals surface area contributed by atoms with E-state index in [1.165, 1.54) is 37.0 Å². The Labute approximate surface area is 126 Å². The van der Waals surface area contributed by atoms with Gasteiger partial charge in [0.25, 0.3) is 0 Å². The second kappa shape index (κ2) is 5.66. The molecule has 0 unspecified atom stereocenters. The number of aryl methyl sites for hydroxylation is 1. The zero-order valence-electron chi connectivity index (χ0n) is 11.1. The van der Waals surface area contributed by atoms with Crippen molar-refractivity contribution in [2.24, 2.45) is 0 Å². The Hall–Kier alpha value is -1.20. The molecule has 0 radical (unpaired) electrons. The number of halogens is 2. The molecule has 0 spiro atoms. The third-order valence-electron chi connectivity index (χ3n) is 3.55. The minimum absolute atomic E-state index is 0.291. The van der Waals surface area contributed by atoms with Crippen LogP contribution in [0, 0.1) is 12.7 Å². The van der Waals surface area contributed by atoms with Gasteiger partial charge in [-0.1, -0.05) is 35.8 Å². The van der Waals surface area contributed by atoms with Crippen LogP contribution in [0.3, 0.4) is 0 Å². The van der Waals surface area contributed by atoms with E-state index in [-0.39, 0.29) is 5.82 Å². The van der Waals surface area contributed by atoms with E-state index in [0.717, 1.165) is 21.9 Å². The predicted molar refractivity (Wildman–Crippen MR) is 80.9 cm³/mol. The molecule has 2 aromatic rings. The maximum Gasteiger partial charge on any atom is 0.183 e. The molecule has 20 heavy (non-hydrogen) atoms. The summed E-state index contributed by atoms with van der Waals surface area (Å²) >= 11 is 7.33. The highest BCUT2D eigenvalue weighted by molar-refractivity contribution is 7.19. The molecule has 1 aliphatic carbocycles. The largest absolute Gasteiger partial charge is 0.359 e. The van der Waals surface area contributed by atoms with E-state index < -0.39 is 0 Å². The smallest absolute Gasteiger partial charge is 0.183 e. The third-order valence-corrected chi connectivity index (χ3v) is 4.87. The van der Waals surface area contributed by atoms with Crippen LogP contribution in [0.2, 0.25) is 5.15 Å². The molecular formula is C14H15ClFN3S. The SMILES string of the molecule is Cc1nc(NC2CCCC2)sc1-c1cc(Cl)ncc1F. The highest BCUT2D eigenvalue weighted by atomic mass is 35.5. The summed E-state index contributed by atoms with van der Waals surface area (Å²) in [5.74, 6) is -0.367. The second-order valence-electron chi connectivity index (χ2n) is 5.05. The first-order chi connectivity index (χ1) is 9.63. The molecule has 0 bridgehead atoms. The Morgan fingerprint density at radius 3 is 2.90 bits per heavy atom. The number of thiazole rings is 1. The molecular weight excluding hydrogens is 297 g/mol. The molecule has 0 atom stereocenters. The van der Waals surface area contributed by atoms with Crippen LogP contribution in [0.4, 0.5) is 9.52 Å². The number of pyridine rings is 1. The topological polar surface area (TPSA) is 37.8 Å². The van der Waals surface area contributed by atoms with Crippen LogP contribution in [0.1, 0.15) is 31.4 Å². The fourth-order valence-electron chi connectivity index (χ4n) is 2.54. The van der Waals surface area contributed by atoms with Gasteiger partial charge in [0.1, 0.15) is 11.0 Å². The minimum Gasteiger partial charge on any atom is -0.359 e. The van der Waals surface area contributed by atoms with Gasteiger partial charge in [0.05, 0.1) is 16.8 Å². The van der Waals surface area contributed by atoms with E-state index in [1.807, 2.05) is 6.92 Å². The van der Waals surface area contributed by atoms with Crippen molar-refractivity contribution in [2.75, 3.05) is 5.32 Å². The minimum atomic E-state index is -0.367. The fraction of sp³-hybridized carbons (Fsp3) is 0.429. The lowest BCUT2D eigenvalue weighted by atomic mass is 10.2. The Morgan fingerprint density at radius 2 is 2.15 bits per heavy atom. The molecule has 0 aromatic carbocycles. The lowest BCUT2D eigenvalue weighted by molar-refractivity contribution is 0.625. The quantitative estimate of drug-likeness (QED) is 0.838. The Balaban J connectivity index is 1.90. The van der Waals surface area contributed by atoms with E-state index in [1.54, 1.807) is 6.07 Å². The number of hydrogen-bond acceptors (Lipinski definition) is 4. The summed E-state index contributed by atoms with van der Waals surface area (Å²) in [5.41, 5.74) is 1.29. The van der Waals surface area contributed by atoms with Crippen LogP contribution < -0.4 is 5.32 Å². The van der Waals surface area contributed by atoms with Crippen molar-refractivity contribution >= 4 is 28.1 Å². The Morgan fingerprint density at radius 1 is 1.40 bits per heavy atom. The fourth-order valence-corrected chi connectivity index (χ4v) is 3.76. The molecule has 1 saturated carbocycles. The number of rotatable bonds is 3. The molecule has 6 heteroatoms. The maximum atomic E-state index is 13.9. The van der Waals surface area contributed by atoms with E-state index in [0.29, 0.717) is 16.8 Å². The zero-order valence-corrected chi connectivity index (χ0v) is 12.7. The van der Waals surface area contributed by atoms with Gasteiger partial charge < -0.3 is 5.32 Å². The van der Waals surface area contributed by atoms with Crippen LogP contribution in [0.25, 0.3) is 10.4 Å². The summed E-state index contributed by atoms with van der Waals surface area (Å²) in [4.78, 5) is 9.05. The van der Waals surface area contributed by atoms with Gasteiger partial charge in [-0.05, 0) is 25.8 Å². The van der Waals surface area contributed by atoms with Crippen LogP contribution in [0.5, 0.6) is 0 Å². The molecule has 0 saturated heterocycles. The van der Waals surface area contributed by atoms with Crippen molar-refractivity contribution in [2.45, 2.75) is 38.6 Å². The van der Waals surface area contributed by atoms with Crippen molar-refractivity contribution in [3.05, 3.63) is 28.9 Å². The highest BCUT2D eigenvalue weighted by Gasteiger charge is 2.19. The number of anilines is 1. The second-order valence-corrected chi connectivity index (χ2v) is 6.43. The monoisotopic (exact) mass is 311 g/mol. The molecule has 1 N–H and O–H groups in total. The van der Waals surface area contributed by atoms with Crippen molar-refractivity contribution < 1.29 is 4.39 Å². The summed E-state index contributed by atoms with van der Waals surface area (Å²) in [6.45, 7) is 1.89. The summed E-state index contributed by atoms with van der Waals surface area (Å²) < 4.78 is 13.9. The zero-order chi connectivity index (χ0) is 14.1. The van der Waals surface area contributed by atoms with Crippen molar-refractivity contribution in [3.8, 4) is 10.4 Å². The van der Waals surface area contributed by atoms with Gasteiger partial charge in [-0.25, -0.2) is 14.4 Å².